The van der Waals surface area contributed by atoms with Crippen molar-refractivity contribution >= 4 is 17.4 Å². The highest BCUT2D eigenvalue weighted by Crippen LogP contribution is 2.18. The highest BCUT2D eigenvalue weighted by atomic mass is 19.1. The Bertz CT molecular complexity index is 980. The number of methoxy groups -OCH3 is 1. The first kappa shape index (κ1) is 18.3. The summed E-state index contributed by atoms with van der Waals surface area (Å²) < 4.78 is 20.2. The number of nitrogens with zero attached hydrogens (tertiary/aromatic N) is 2. The van der Waals surface area contributed by atoms with Gasteiger partial charge in [-0.1, -0.05) is 6.07 Å². The Hall–Kier alpha value is -3.48. The van der Waals surface area contributed by atoms with Crippen LogP contribution in [0.5, 0.6) is 5.75 Å². The first-order valence-corrected chi connectivity index (χ1v) is 8.22. The number of nitrogens with one attached hydrogen (secondary N) is 1. The SMILES string of the molecule is COc1ccc(CC(=O)Nc2ccc(C(=O)c3nccn3C)cc2)cc1F. The van der Waals surface area contributed by atoms with E-state index in [1.165, 1.54) is 19.2 Å². The molecular weight excluding hydrogens is 349 g/mol. The molecule has 138 valence electrons. The van der Waals surface area contributed by atoms with Gasteiger partial charge in [0.15, 0.2) is 17.4 Å². The second-order valence-corrected chi connectivity index (χ2v) is 5.96. The van der Waals surface area contributed by atoms with Gasteiger partial charge in [-0.05, 0) is 42.0 Å². The van der Waals surface area contributed by atoms with Gasteiger partial charge < -0.3 is 14.6 Å². The summed E-state index contributed by atoms with van der Waals surface area (Å²) in [6.45, 7) is 0. The van der Waals surface area contributed by atoms with Gasteiger partial charge in [0, 0.05) is 30.7 Å². The summed E-state index contributed by atoms with van der Waals surface area (Å²) in [6.07, 6.45) is 3.28. The normalized spacial score (nSPS) is 10.5. The Morgan fingerprint density at radius 2 is 1.93 bits per heavy atom. The van der Waals surface area contributed by atoms with Crippen molar-refractivity contribution in [3.05, 3.63) is 77.6 Å². The van der Waals surface area contributed by atoms with Crippen LogP contribution < -0.4 is 10.1 Å². The highest BCUT2D eigenvalue weighted by molar-refractivity contribution is 6.07. The fraction of sp³-hybridized carbons (Fsp3) is 0.150. The average molecular weight is 367 g/mol. The maximum Gasteiger partial charge on any atom is 0.228 e. The molecule has 6 nitrogen and oxygen atoms in total. The summed E-state index contributed by atoms with van der Waals surface area (Å²) in [6, 6.07) is 10.9. The first-order chi connectivity index (χ1) is 13.0. The van der Waals surface area contributed by atoms with Crippen LogP contribution in [0.1, 0.15) is 21.7 Å². The Kier molecular flexibility index (Phi) is 5.30. The zero-order valence-corrected chi connectivity index (χ0v) is 14.9. The van der Waals surface area contributed by atoms with E-state index < -0.39 is 5.82 Å². The molecule has 3 aromatic rings. The standard InChI is InChI=1S/C20H18FN3O3/c1-24-10-9-22-20(24)19(26)14-4-6-15(7-5-14)23-18(25)12-13-3-8-17(27-2)16(21)11-13/h3-11H,12H2,1-2H3,(H,23,25). The van der Waals surface area contributed by atoms with Crippen LogP contribution in [-0.4, -0.2) is 28.4 Å². The number of aromatic nitrogens is 2. The second-order valence-electron chi connectivity index (χ2n) is 5.96. The summed E-state index contributed by atoms with van der Waals surface area (Å²) in [7, 11) is 3.13. The molecule has 0 atom stereocenters. The quantitative estimate of drug-likeness (QED) is 0.680. The molecule has 0 spiro atoms. The molecule has 0 saturated carbocycles. The van der Waals surface area contributed by atoms with Gasteiger partial charge in [-0.25, -0.2) is 9.37 Å². The van der Waals surface area contributed by atoms with E-state index in [9.17, 15) is 14.0 Å². The van der Waals surface area contributed by atoms with Gasteiger partial charge in [-0.3, -0.25) is 9.59 Å². The number of carbonyl (C=O) groups excluding carboxylic acids is 2. The topological polar surface area (TPSA) is 73.2 Å². The molecule has 3 rings (SSSR count). The second kappa shape index (κ2) is 7.82. The van der Waals surface area contributed by atoms with Crippen molar-refractivity contribution in [3.63, 3.8) is 0 Å². The van der Waals surface area contributed by atoms with E-state index in [0.29, 0.717) is 22.6 Å². The van der Waals surface area contributed by atoms with E-state index in [1.54, 1.807) is 54.3 Å². The number of hydrogen-bond donors (Lipinski definition) is 1. The van der Waals surface area contributed by atoms with Crippen LogP contribution in [0.2, 0.25) is 0 Å². The predicted octanol–water partition coefficient (Wildman–Crippen LogP) is 2.98. The number of ketones is 1. The van der Waals surface area contributed by atoms with Crippen LogP contribution in [0.15, 0.2) is 54.9 Å². The van der Waals surface area contributed by atoms with Crippen molar-refractivity contribution in [2.75, 3.05) is 12.4 Å². The molecule has 2 aromatic carbocycles. The van der Waals surface area contributed by atoms with Gasteiger partial charge in [0.1, 0.15) is 0 Å². The molecule has 0 unspecified atom stereocenters. The number of benzene rings is 2. The van der Waals surface area contributed by atoms with Gasteiger partial charge in [0.2, 0.25) is 11.7 Å². The van der Waals surface area contributed by atoms with Gasteiger partial charge in [-0.2, -0.15) is 0 Å². The number of hydrogen-bond acceptors (Lipinski definition) is 4. The van der Waals surface area contributed by atoms with Gasteiger partial charge in [-0.15, -0.1) is 0 Å². The molecule has 0 aliphatic rings. The van der Waals surface area contributed by atoms with Crippen molar-refractivity contribution in [2.45, 2.75) is 6.42 Å². The van der Waals surface area contributed by atoms with Gasteiger partial charge in [0.05, 0.1) is 13.5 Å². The number of halogens is 1. The Morgan fingerprint density at radius 1 is 1.19 bits per heavy atom. The molecule has 7 heteroatoms. The summed E-state index contributed by atoms with van der Waals surface area (Å²) in [5, 5.41) is 2.73. The molecule has 0 bridgehead atoms. The molecular formula is C20H18FN3O3. The van der Waals surface area contributed by atoms with Gasteiger partial charge in [0.25, 0.3) is 0 Å². The largest absolute Gasteiger partial charge is 0.494 e. The molecule has 1 N–H and O–H groups in total. The van der Waals surface area contributed by atoms with E-state index in [1.807, 2.05) is 0 Å². The number of aryl methyl sites for hydroxylation is 1. The molecule has 1 aromatic heterocycles. The number of anilines is 1. The molecule has 0 aliphatic carbocycles. The highest BCUT2D eigenvalue weighted by Gasteiger charge is 2.14. The minimum atomic E-state index is -0.514. The predicted molar refractivity (Wildman–Crippen MR) is 98.4 cm³/mol. The van der Waals surface area contributed by atoms with Gasteiger partial charge >= 0.3 is 0 Å². The fourth-order valence-corrected chi connectivity index (χ4v) is 2.63. The molecule has 0 radical (unpaired) electrons. The van der Waals surface area contributed by atoms with Crippen molar-refractivity contribution < 1.29 is 18.7 Å². The zero-order chi connectivity index (χ0) is 19.4. The van der Waals surface area contributed by atoms with E-state index in [4.69, 9.17) is 4.74 Å². The molecule has 0 saturated heterocycles. The lowest BCUT2D eigenvalue weighted by atomic mass is 10.1. The third kappa shape index (κ3) is 4.20. The summed E-state index contributed by atoms with van der Waals surface area (Å²) >= 11 is 0. The van der Waals surface area contributed by atoms with E-state index in [0.717, 1.165) is 0 Å². The number of imidazole rings is 1. The lowest BCUT2D eigenvalue weighted by Crippen LogP contribution is -2.15. The third-order valence-corrected chi connectivity index (χ3v) is 4.04. The van der Waals surface area contributed by atoms with E-state index in [2.05, 4.69) is 10.3 Å². The van der Waals surface area contributed by atoms with Crippen molar-refractivity contribution in [3.8, 4) is 5.75 Å². The van der Waals surface area contributed by atoms with Crippen LogP contribution in [0.25, 0.3) is 0 Å². The van der Waals surface area contributed by atoms with E-state index in [-0.39, 0.29) is 23.9 Å². The molecule has 0 fully saturated rings. The molecule has 0 aliphatic heterocycles. The maximum absolute atomic E-state index is 13.7. The lowest BCUT2D eigenvalue weighted by Gasteiger charge is -2.08. The molecule has 1 amide bonds. The maximum atomic E-state index is 13.7. The Labute approximate surface area is 155 Å². The van der Waals surface area contributed by atoms with Crippen LogP contribution in [0.3, 0.4) is 0 Å². The van der Waals surface area contributed by atoms with Crippen LogP contribution >= 0.6 is 0 Å². The van der Waals surface area contributed by atoms with Crippen molar-refractivity contribution in [1.29, 1.82) is 0 Å². The minimum absolute atomic E-state index is 0.0227. The van der Waals surface area contributed by atoms with Crippen LogP contribution in [0.4, 0.5) is 10.1 Å². The zero-order valence-electron chi connectivity index (χ0n) is 14.9. The van der Waals surface area contributed by atoms with Crippen LogP contribution in [-0.2, 0) is 18.3 Å². The fourth-order valence-electron chi connectivity index (χ4n) is 2.63. The van der Waals surface area contributed by atoms with Crippen LogP contribution in [0, 0.1) is 5.82 Å². The third-order valence-electron chi connectivity index (χ3n) is 4.04. The molecule has 27 heavy (non-hydrogen) atoms. The van der Waals surface area contributed by atoms with Crippen molar-refractivity contribution in [2.24, 2.45) is 7.05 Å². The Balaban J connectivity index is 1.64. The Morgan fingerprint density at radius 3 is 2.52 bits per heavy atom. The summed E-state index contributed by atoms with van der Waals surface area (Å²) in [5.74, 6) is -0.530. The number of amides is 1. The smallest absolute Gasteiger partial charge is 0.228 e. The minimum Gasteiger partial charge on any atom is -0.494 e. The monoisotopic (exact) mass is 367 g/mol. The summed E-state index contributed by atoms with van der Waals surface area (Å²) in [5.41, 5.74) is 1.55. The first-order valence-electron chi connectivity index (χ1n) is 8.22. The number of ether oxygens (including phenoxy) is 1. The molecule has 1 heterocycles. The number of carbonyl (C=O) groups is 2. The lowest BCUT2D eigenvalue weighted by molar-refractivity contribution is -0.115. The summed E-state index contributed by atoms with van der Waals surface area (Å²) in [4.78, 5) is 28.6. The van der Waals surface area contributed by atoms with Crippen molar-refractivity contribution in [1.82, 2.24) is 9.55 Å². The number of rotatable bonds is 6. The average Bonchev–Trinajstić information content (AvgIpc) is 3.08. The van der Waals surface area contributed by atoms with E-state index >= 15 is 0 Å².